The first kappa shape index (κ1) is 14.8. The van der Waals surface area contributed by atoms with Crippen LogP contribution in [0.1, 0.15) is 63.9 Å². The normalized spacial score (nSPS) is 9.83. The van der Waals surface area contributed by atoms with Gasteiger partial charge in [0.15, 0.2) is 0 Å². The molecule has 1 rings (SSSR count). The Hall–Kier alpha value is -1.22. The fourth-order valence-corrected chi connectivity index (χ4v) is 2.02. The van der Waals surface area contributed by atoms with E-state index in [9.17, 15) is 0 Å². The largest absolute Gasteiger partial charge is 0.103 e. The van der Waals surface area contributed by atoms with Gasteiger partial charge in [-0.3, -0.25) is 0 Å². The zero-order chi connectivity index (χ0) is 12.9. The van der Waals surface area contributed by atoms with Crippen LogP contribution < -0.4 is 0 Å². The third-order valence-corrected chi connectivity index (χ3v) is 3.17. The lowest BCUT2D eigenvalue weighted by atomic mass is 10.1. The van der Waals surface area contributed by atoms with Gasteiger partial charge in [0.2, 0.25) is 0 Å². The van der Waals surface area contributed by atoms with Gasteiger partial charge in [-0.25, -0.2) is 0 Å². The maximum atomic E-state index is 3.29. The lowest BCUT2D eigenvalue weighted by Gasteiger charge is -1.98. The third-order valence-electron chi connectivity index (χ3n) is 3.17. The van der Waals surface area contributed by atoms with Crippen molar-refractivity contribution in [1.82, 2.24) is 0 Å². The van der Waals surface area contributed by atoms with E-state index >= 15 is 0 Å². The van der Waals surface area contributed by atoms with E-state index in [2.05, 4.69) is 49.1 Å². The number of hydrogen-bond acceptors (Lipinski definition) is 0. The van der Waals surface area contributed by atoms with Gasteiger partial charge < -0.3 is 0 Å². The molecule has 0 nitrogen and oxygen atoms in total. The smallest absolute Gasteiger partial charge is 0.0340 e. The maximum absolute atomic E-state index is 3.29. The fraction of sp³-hybridized carbons (Fsp3) is 0.556. The van der Waals surface area contributed by atoms with Gasteiger partial charge in [0.25, 0.3) is 0 Å². The van der Waals surface area contributed by atoms with Crippen molar-refractivity contribution in [2.24, 2.45) is 0 Å². The summed E-state index contributed by atoms with van der Waals surface area (Å²) in [5, 5.41) is 0. The van der Waals surface area contributed by atoms with Crippen LogP contribution >= 0.6 is 0 Å². The van der Waals surface area contributed by atoms with Crippen LogP contribution in [-0.2, 0) is 6.42 Å². The van der Waals surface area contributed by atoms with E-state index in [1.54, 1.807) is 0 Å². The van der Waals surface area contributed by atoms with Crippen molar-refractivity contribution in [2.75, 3.05) is 0 Å². The maximum Gasteiger partial charge on any atom is 0.0340 e. The molecule has 0 amide bonds. The van der Waals surface area contributed by atoms with Crippen LogP contribution in [0.5, 0.6) is 0 Å². The zero-order valence-electron chi connectivity index (χ0n) is 11.8. The summed E-state index contributed by atoms with van der Waals surface area (Å²) in [6.07, 6.45) is 11.5. The third kappa shape index (κ3) is 7.96. The molecule has 0 N–H and O–H groups in total. The lowest BCUT2D eigenvalue weighted by Crippen LogP contribution is -1.80. The van der Waals surface area contributed by atoms with Crippen molar-refractivity contribution in [2.45, 2.75) is 64.7 Å². The second-order valence-electron chi connectivity index (χ2n) is 4.89. The summed E-state index contributed by atoms with van der Waals surface area (Å²) in [6.45, 7) is 2.27. The highest BCUT2D eigenvalue weighted by molar-refractivity contribution is 5.20. The van der Waals surface area contributed by atoms with E-state index in [0.29, 0.717) is 0 Å². The topological polar surface area (TPSA) is 0 Å². The standard InChI is InChI=1S/C18H26/c1-2-3-4-5-6-7-8-9-10-12-15-18-16-13-11-14-17-18/h11,13-14,16-17H,2-9,15H2,1H3. The Bertz CT molecular complexity index is 339. The van der Waals surface area contributed by atoms with Crippen LogP contribution in [0.25, 0.3) is 0 Å². The Morgan fingerprint density at radius 1 is 0.778 bits per heavy atom. The SMILES string of the molecule is CCCCCCCCCC#CCc1ccccc1. The highest BCUT2D eigenvalue weighted by atomic mass is 13.9. The Labute approximate surface area is 113 Å². The highest BCUT2D eigenvalue weighted by Crippen LogP contribution is 2.07. The van der Waals surface area contributed by atoms with Crippen molar-refractivity contribution in [3.05, 3.63) is 35.9 Å². The number of hydrogen-bond donors (Lipinski definition) is 0. The van der Waals surface area contributed by atoms with Crippen molar-refractivity contribution in [3.8, 4) is 11.8 Å². The Balaban J connectivity index is 1.95. The lowest BCUT2D eigenvalue weighted by molar-refractivity contribution is 0.594. The monoisotopic (exact) mass is 242 g/mol. The molecule has 0 atom stereocenters. The minimum Gasteiger partial charge on any atom is -0.103 e. The van der Waals surface area contributed by atoms with Gasteiger partial charge >= 0.3 is 0 Å². The summed E-state index contributed by atoms with van der Waals surface area (Å²) in [5.41, 5.74) is 1.32. The van der Waals surface area contributed by atoms with Gasteiger partial charge in [0.1, 0.15) is 0 Å². The van der Waals surface area contributed by atoms with E-state index in [1.807, 2.05) is 0 Å². The van der Waals surface area contributed by atoms with Crippen LogP contribution in [0.4, 0.5) is 0 Å². The zero-order valence-corrected chi connectivity index (χ0v) is 11.8. The fourth-order valence-electron chi connectivity index (χ4n) is 2.02. The molecule has 0 saturated carbocycles. The quantitative estimate of drug-likeness (QED) is 0.424. The Morgan fingerprint density at radius 3 is 2.17 bits per heavy atom. The van der Waals surface area contributed by atoms with Crippen molar-refractivity contribution < 1.29 is 0 Å². The van der Waals surface area contributed by atoms with Crippen LogP contribution in [0.15, 0.2) is 30.3 Å². The molecule has 0 spiro atoms. The van der Waals surface area contributed by atoms with Gasteiger partial charge in [-0.05, 0) is 12.0 Å². The second-order valence-corrected chi connectivity index (χ2v) is 4.89. The van der Waals surface area contributed by atoms with Gasteiger partial charge in [-0.15, -0.1) is 5.92 Å². The summed E-state index contributed by atoms with van der Waals surface area (Å²) in [6, 6.07) is 10.5. The minimum atomic E-state index is 0.900. The summed E-state index contributed by atoms with van der Waals surface area (Å²) in [4.78, 5) is 0. The molecule has 1 aromatic carbocycles. The summed E-state index contributed by atoms with van der Waals surface area (Å²) < 4.78 is 0. The Kier molecular flexibility index (Phi) is 8.99. The summed E-state index contributed by atoms with van der Waals surface area (Å²) in [7, 11) is 0. The first-order valence-electron chi connectivity index (χ1n) is 7.43. The van der Waals surface area contributed by atoms with E-state index in [0.717, 1.165) is 12.8 Å². The molecular weight excluding hydrogens is 216 g/mol. The molecule has 0 aromatic heterocycles. The number of benzene rings is 1. The van der Waals surface area contributed by atoms with Crippen molar-refractivity contribution in [1.29, 1.82) is 0 Å². The molecule has 1 aromatic rings. The first-order valence-corrected chi connectivity index (χ1v) is 7.43. The molecular formula is C18H26. The highest BCUT2D eigenvalue weighted by Gasteiger charge is 1.89. The van der Waals surface area contributed by atoms with Crippen molar-refractivity contribution in [3.63, 3.8) is 0 Å². The Morgan fingerprint density at radius 2 is 1.44 bits per heavy atom. The van der Waals surface area contributed by atoms with Crippen LogP contribution in [0, 0.1) is 11.8 Å². The van der Waals surface area contributed by atoms with Gasteiger partial charge in [-0.2, -0.15) is 0 Å². The molecule has 98 valence electrons. The molecule has 0 heteroatoms. The predicted octanol–water partition coefficient (Wildman–Crippen LogP) is 5.37. The van der Waals surface area contributed by atoms with E-state index in [4.69, 9.17) is 0 Å². The average Bonchev–Trinajstić information content (AvgIpc) is 2.42. The van der Waals surface area contributed by atoms with E-state index in [1.165, 1.54) is 50.5 Å². The van der Waals surface area contributed by atoms with Crippen LogP contribution in [0.3, 0.4) is 0 Å². The molecule has 0 bridgehead atoms. The van der Waals surface area contributed by atoms with E-state index < -0.39 is 0 Å². The molecule has 0 saturated heterocycles. The molecule has 0 aliphatic carbocycles. The predicted molar refractivity (Wildman–Crippen MR) is 80.5 cm³/mol. The van der Waals surface area contributed by atoms with Gasteiger partial charge in [0.05, 0.1) is 0 Å². The molecule has 0 unspecified atom stereocenters. The van der Waals surface area contributed by atoms with Crippen molar-refractivity contribution >= 4 is 0 Å². The van der Waals surface area contributed by atoms with Gasteiger partial charge in [0, 0.05) is 12.8 Å². The van der Waals surface area contributed by atoms with Crippen LogP contribution in [-0.4, -0.2) is 0 Å². The van der Waals surface area contributed by atoms with E-state index in [-0.39, 0.29) is 0 Å². The van der Waals surface area contributed by atoms with Gasteiger partial charge in [-0.1, -0.05) is 81.7 Å². The summed E-state index contributed by atoms with van der Waals surface area (Å²) >= 11 is 0. The average molecular weight is 242 g/mol. The second kappa shape index (κ2) is 10.9. The first-order chi connectivity index (χ1) is 8.93. The molecule has 0 radical (unpaired) electrons. The molecule has 0 aliphatic heterocycles. The molecule has 18 heavy (non-hydrogen) atoms. The molecule has 0 heterocycles. The van der Waals surface area contributed by atoms with Crippen LogP contribution in [0.2, 0.25) is 0 Å². The molecule has 0 fully saturated rings. The minimum absolute atomic E-state index is 0.900. The number of rotatable bonds is 8. The molecule has 0 aliphatic rings. The number of unbranched alkanes of at least 4 members (excludes halogenated alkanes) is 7. The summed E-state index contributed by atoms with van der Waals surface area (Å²) in [5.74, 6) is 6.55.